The summed E-state index contributed by atoms with van der Waals surface area (Å²) in [4.78, 5) is 0. The van der Waals surface area contributed by atoms with E-state index in [4.69, 9.17) is 0 Å². The molecule has 86 valence electrons. The van der Waals surface area contributed by atoms with Crippen molar-refractivity contribution in [3.63, 3.8) is 0 Å². The molecule has 4 heteroatoms. The van der Waals surface area contributed by atoms with E-state index < -0.39 is 0 Å². The number of hydrogen-bond donors (Lipinski definition) is 2. The number of rotatable bonds is 2. The second-order valence-electron chi connectivity index (χ2n) is 3.68. The van der Waals surface area contributed by atoms with Crippen LogP contribution < -0.4 is 0 Å². The molecule has 0 heterocycles. The molecule has 0 spiro atoms. The minimum Gasteiger partial charge on any atom is -0.505 e. The molecule has 0 atom stereocenters. The van der Waals surface area contributed by atoms with Crippen LogP contribution in [0.1, 0.15) is 5.56 Å². The first-order valence-electron chi connectivity index (χ1n) is 5.16. The van der Waals surface area contributed by atoms with Gasteiger partial charge in [0.2, 0.25) is 0 Å². The van der Waals surface area contributed by atoms with Crippen molar-refractivity contribution < 1.29 is 10.2 Å². The van der Waals surface area contributed by atoms with E-state index in [-0.39, 0.29) is 17.2 Å². The Hall–Kier alpha value is -2.36. The van der Waals surface area contributed by atoms with Crippen molar-refractivity contribution >= 4 is 11.4 Å². The zero-order valence-electron chi connectivity index (χ0n) is 9.33. The van der Waals surface area contributed by atoms with Gasteiger partial charge in [0.05, 0.1) is 5.69 Å². The van der Waals surface area contributed by atoms with Crippen LogP contribution in [0.25, 0.3) is 0 Å². The third-order valence-corrected chi connectivity index (χ3v) is 2.29. The van der Waals surface area contributed by atoms with Gasteiger partial charge in [0.1, 0.15) is 11.5 Å². The fourth-order valence-electron chi connectivity index (χ4n) is 1.34. The minimum atomic E-state index is -0.0964. The van der Waals surface area contributed by atoms with Gasteiger partial charge in [0, 0.05) is 0 Å². The van der Waals surface area contributed by atoms with Crippen LogP contribution >= 0.6 is 0 Å². The maximum absolute atomic E-state index is 9.50. The highest BCUT2D eigenvalue weighted by Gasteiger charge is 2.04. The van der Waals surface area contributed by atoms with Gasteiger partial charge in [-0.25, -0.2) is 0 Å². The van der Waals surface area contributed by atoms with Gasteiger partial charge in [-0.1, -0.05) is 23.8 Å². The molecule has 2 aromatic rings. The number of aromatic hydroxyl groups is 2. The molecule has 0 fully saturated rings. The van der Waals surface area contributed by atoms with Crippen LogP contribution in [-0.2, 0) is 0 Å². The molecular formula is C13H12N2O2. The van der Waals surface area contributed by atoms with Crippen molar-refractivity contribution in [3.8, 4) is 11.5 Å². The molecule has 0 aromatic heterocycles. The lowest BCUT2D eigenvalue weighted by atomic mass is 10.2. The van der Waals surface area contributed by atoms with Crippen LogP contribution in [0.2, 0.25) is 0 Å². The molecule has 0 aliphatic heterocycles. The van der Waals surface area contributed by atoms with E-state index in [1.165, 1.54) is 18.2 Å². The van der Waals surface area contributed by atoms with Crippen molar-refractivity contribution in [2.75, 3.05) is 0 Å². The van der Waals surface area contributed by atoms with Gasteiger partial charge in [-0.05, 0) is 31.2 Å². The Kier molecular flexibility index (Phi) is 3.05. The third-order valence-electron chi connectivity index (χ3n) is 2.29. The number of benzene rings is 2. The normalized spacial score (nSPS) is 10.9. The summed E-state index contributed by atoms with van der Waals surface area (Å²) in [6.07, 6.45) is 0. The topological polar surface area (TPSA) is 65.2 Å². The second-order valence-corrected chi connectivity index (χ2v) is 3.68. The van der Waals surface area contributed by atoms with E-state index in [0.29, 0.717) is 5.69 Å². The predicted molar refractivity (Wildman–Crippen MR) is 65.1 cm³/mol. The minimum absolute atomic E-state index is 0.0769. The largest absolute Gasteiger partial charge is 0.505 e. The van der Waals surface area contributed by atoms with Gasteiger partial charge in [-0.2, -0.15) is 5.11 Å². The van der Waals surface area contributed by atoms with Crippen LogP contribution in [0.3, 0.4) is 0 Å². The molecular weight excluding hydrogens is 216 g/mol. The number of azo groups is 1. The smallest absolute Gasteiger partial charge is 0.169 e. The van der Waals surface area contributed by atoms with Gasteiger partial charge >= 0.3 is 0 Å². The maximum atomic E-state index is 9.50. The highest BCUT2D eigenvalue weighted by atomic mass is 16.3. The Labute approximate surface area is 98.9 Å². The van der Waals surface area contributed by atoms with Crippen LogP contribution in [0.5, 0.6) is 11.5 Å². The second kappa shape index (κ2) is 4.65. The summed E-state index contributed by atoms with van der Waals surface area (Å²) >= 11 is 0. The summed E-state index contributed by atoms with van der Waals surface area (Å²) in [6, 6.07) is 11.9. The first kappa shape index (κ1) is 11.1. The predicted octanol–water partition coefficient (Wildman–Crippen LogP) is 3.82. The molecule has 0 saturated heterocycles. The van der Waals surface area contributed by atoms with Crippen molar-refractivity contribution in [1.29, 1.82) is 0 Å². The quantitative estimate of drug-likeness (QED) is 0.767. The zero-order valence-corrected chi connectivity index (χ0v) is 9.33. The van der Waals surface area contributed by atoms with Crippen molar-refractivity contribution in [3.05, 3.63) is 48.0 Å². The van der Waals surface area contributed by atoms with Crippen LogP contribution in [-0.4, -0.2) is 10.2 Å². The molecule has 2 rings (SSSR count). The lowest BCUT2D eigenvalue weighted by molar-refractivity contribution is 0.452. The number of phenolic OH excluding ortho intramolecular Hbond substituents is 2. The fourth-order valence-corrected chi connectivity index (χ4v) is 1.34. The molecule has 0 amide bonds. The Morgan fingerprint density at radius 3 is 2.00 bits per heavy atom. The number of hydrogen-bond acceptors (Lipinski definition) is 4. The molecule has 4 nitrogen and oxygen atoms in total. The van der Waals surface area contributed by atoms with E-state index >= 15 is 0 Å². The Morgan fingerprint density at radius 2 is 1.41 bits per heavy atom. The SMILES string of the molecule is Cc1ccc(N=Nc2c(O)cccc2O)cc1. The zero-order chi connectivity index (χ0) is 12.3. The molecule has 0 bridgehead atoms. The first-order chi connectivity index (χ1) is 8.16. The van der Waals surface area contributed by atoms with Crippen LogP contribution in [0.4, 0.5) is 11.4 Å². The standard InChI is InChI=1S/C13H12N2O2/c1-9-5-7-10(8-6-9)14-15-13-11(16)3-2-4-12(13)17/h2-8,16-17H,1H3. The number of nitrogens with zero attached hydrogens (tertiary/aromatic N) is 2. The van der Waals surface area contributed by atoms with E-state index in [0.717, 1.165) is 5.56 Å². The number of phenols is 2. The summed E-state index contributed by atoms with van der Waals surface area (Å²) in [5.41, 5.74) is 1.88. The average Bonchev–Trinajstić information content (AvgIpc) is 2.31. The molecule has 2 N–H and O–H groups in total. The Balaban J connectivity index is 2.29. The van der Waals surface area contributed by atoms with Gasteiger partial charge in [-0.15, -0.1) is 5.11 Å². The molecule has 0 aliphatic carbocycles. The van der Waals surface area contributed by atoms with Gasteiger partial charge in [0.15, 0.2) is 5.69 Å². The van der Waals surface area contributed by atoms with Crippen molar-refractivity contribution in [1.82, 2.24) is 0 Å². The summed E-state index contributed by atoms with van der Waals surface area (Å²) in [7, 11) is 0. The first-order valence-corrected chi connectivity index (χ1v) is 5.16. The summed E-state index contributed by atoms with van der Waals surface area (Å²) < 4.78 is 0. The van der Waals surface area contributed by atoms with Gasteiger partial charge in [0.25, 0.3) is 0 Å². The number of aryl methyl sites for hydroxylation is 1. The Bertz CT molecular complexity index is 528. The highest BCUT2D eigenvalue weighted by Crippen LogP contribution is 2.36. The van der Waals surface area contributed by atoms with E-state index in [1.807, 2.05) is 31.2 Å². The summed E-state index contributed by atoms with van der Waals surface area (Å²) in [5, 5.41) is 26.8. The molecule has 17 heavy (non-hydrogen) atoms. The van der Waals surface area contributed by atoms with Crippen molar-refractivity contribution in [2.45, 2.75) is 6.92 Å². The van der Waals surface area contributed by atoms with Gasteiger partial charge < -0.3 is 10.2 Å². The molecule has 0 aliphatic rings. The highest BCUT2D eigenvalue weighted by molar-refractivity contribution is 5.60. The lowest BCUT2D eigenvalue weighted by Crippen LogP contribution is -1.71. The third kappa shape index (κ3) is 2.60. The summed E-state index contributed by atoms with van der Waals surface area (Å²) in [5.74, 6) is -0.193. The maximum Gasteiger partial charge on any atom is 0.169 e. The van der Waals surface area contributed by atoms with Crippen LogP contribution in [0, 0.1) is 6.92 Å². The van der Waals surface area contributed by atoms with Gasteiger partial charge in [-0.3, -0.25) is 0 Å². The molecule has 2 aromatic carbocycles. The molecule has 0 radical (unpaired) electrons. The van der Waals surface area contributed by atoms with E-state index in [1.54, 1.807) is 0 Å². The monoisotopic (exact) mass is 228 g/mol. The van der Waals surface area contributed by atoms with E-state index in [9.17, 15) is 10.2 Å². The lowest BCUT2D eigenvalue weighted by Gasteiger charge is -1.99. The van der Waals surface area contributed by atoms with Crippen molar-refractivity contribution in [2.24, 2.45) is 10.2 Å². The summed E-state index contributed by atoms with van der Waals surface area (Å²) in [6.45, 7) is 1.98. The Morgan fingerprint density at radius 1 is 0.824 bits per heavy atom. The molecule has 0 saturated carbocycles. The average molecular weight is 228 g/mol. The van der Waals surface area contributed by atoms with E-state index in [2.05, 4.69) is 10.2 Å². The molecule has 0 unspecified atom stereocenters. The van der Waals surface area contributed by atoms with Crippen LogP contribution in [0.15, 0.2) is 52.7 Å². The fraction of sp³-hybridized carbons (Fsp3) is 0.0769.